The van der Waals surface area contributed by atoms with Crippen LogP contribution in [0.1, 0.15) is 6.23 Å². The molecule has 0 unspecified atom stereocenters. The Balaban J connectivity index is 2.16. The second-order valence-corrected chi connectivity index (χ2v) is 3.29. The maximum atomic E-state index is 9.65. The Morgan fingerprint density at radius 3 is 2.71 bits per heavy atom. The second-order valence-electron chi connectivity index (χ2n) is 3.29. The summed E-state index contributed by atoms with van der Waals surface area (Å²) in [5.74, 6) is 0. The van der Waals surface area contributed by atoms with E-state index >= 15 is 0 Å². The fourth-order valence-electron chi connectivity index (χ4n) is 1.59. The molecule has 0 amide bonds. The van der Waals surface area contributed by atoms with E-state index in [0.717, 1.165) is 0 Å². The Morgan fingerprint density at radius 2 is 2.21 bits per heavy atom. The van der Waals surface area contributed by atoms with Gasteiger partial charge in [0.2, 0.25) is 0 Å². The lowest BCUT2D eigenvalue weighted by molar-refractivity contribution is -0.0343. The molecule has 1 aliphatic rings. The van der Waals surface area contributed by atoms with Crippen molar-refractivity contribution in [2.75, 3.05) is 6.54 Å². The summed E-state index contributed by atoms with van der Waals surface area (Å²) in [6.07, 6.45) is 1.76. The number of nitrogens with two attached hydrogens (primary N) is 1. The zero-order chi connectivity index (χ0) is 10.1. The minimum Gasteiger partial charge on any atom is -0.387 e. The average Bonchev–Trinajstić information content (AvgIpc) is 2.78. The zero-order valence-corrected chi connectivity index (χ0v) is 7.52. The van der Waals surface area contributed by atoms with E-state index in [9.17, 15) is 10.2 Å². The third kappa shape index (κ3) is 1.42. The van der Waals surface area contributed by atoms with Crippen LogP contribution in [0.3, 0.4) is 0 Å². The van der Waals surface area contributed by atoms with Gasteiger partial charge in [-0.15, -0.1) is 0 Å². The van der Waals surface area contributed by atoms with Crippen LogP contribution < -0.4 is 5.73 Å². The van der Waals surface area contributed by atoms with Gasteiger partial charge in [-0.25, -0.2) is 4.98 Å². The molecule has 1 aliphatic heterocycles. The highest BCUT2D eigenvalue weighted by Crippen LogP contribution is 2.28. The smallest absolute Gasteiger partial charge is 0.164 e. The first-order valence-corrected chi connectivity index (χ1v) is 4.43. The molecule has 0 spiro atoms. The standard InChI is InChI=1S/C8H13N3O3/c9-3-5-6(12)7(13)8(14-5)11-2-1-10-4-11/h1-2,4-8,12-13H,3,9H2/t5-,6-,7-,8-/m1/s1. The molecule has 78 valence electrons. The monoisotopic (exact) mass is 199 g/mol. The van der Waals surface area contributed by atoms with Crippen molar-refractivity contribution >= 4 is 0 Å². The van der Waals surface area contributed by atoms with Crippen LogP contribution in [0.2, 0.25) is 0 Å². The van der Waals surface area contributed by atoms with Gasteiger partial charge in [0.1, 0.15) is 18.3 Å². The molecular formula is C8H13N3O3. The van der Waals surface area contributed by atoms with E-state index in [4.69, 9.17) is 10.5 Å². The number of ether oxygens (including phenoxy) is 1. The molecule has 14 heavy (non-hydrogen) atoms. The summed E-state index contributed by atoms with van der Waals surface area (Å²) in [5, 5.41) is 19.2. The van der Waals surface area contributed by atoms with Gasteiger partial charge in [-0.05, 0) is 0 Å². The molecule has 0 aromatic carbocycles. The van der Waals surface area contributed by atoms with Gasteiger partial charge in [-0.2, -0.15) is 0 Å². The lowest BCUT2D eigenvalue weighted by Crippen LogP contribution is -2.35. The van der Waals surface area contributed by atoms with Crippen LogP contribution in [0.4, 0.5) is 0 Å². The van der Waals surface area contributed by atoms with Crippen LogP contribution in [0, 0.1) is 0 Å². The SMILES string of the molecule is NC[C@H]1O[C@@H](n2ccnc2)[C@H](O)[C@@H]1O. The molecule has 1 aromatic heterocycles. The zero-order valence-electron chi connectivity index (χ0n) is 7.52. The summed E-state index contributed by atoms with van der Waals surface area (Å²) in [6.45, 7) is 0.184. The quantitative estimate of drug-likeness (QED) is 0.536. The van der Waals surface area contributed by atoms with Gasteiger partial charge < -0.3 is 25.3 Å². The van der Waals surface area contributed by atoms with Crippen molar-refractivity contribution in [2.45, 2.75) is 24.5 Å². The van der Waals surface area contributed by atoms with Crippen molar-refractivity contribution in [3.8, 4) is 0 Å². The molecule has 2 heterocycles. The number of aliphatic hydroxyl groups is 2. The number of rotatable bonds is 2. The minimum absolute atomic E-state index is 0.184. The van der Waals surface area contributed by atoms with Gasteiger partial charge in [0.25, 0.3) is 0 Å². The van der Waals surface area contributed by atoms with Gasteiger partial charge in [0.05, 0.1) is 6.33 Å². The fourth-order valence-corrected chi connectivity index (χ4v) is 1.59. The van der Waals surface area contributed by atoms with Crippen molar-refractivity contribution < 1.29 is 14.9 Å². The number of hydrogen-bond donors (Lipinski definition) is 3. The Labute approximate surface area is 80.9 Å². The van der Waals surface area contributed by atoms with Crippen molar-refractivity contribution in [1.82, 2.24) is 9.55 Å². The highest BCUT2D eigenvalue weighted by Gasteiger charge is 2.42. The molecule has 6 heteroatoms. The van der Waals surface area contributed by atoms with Crippen molar-refractivity contribution in [3.63, 3.8) is 0 Å². The molecular weight excluding hydrogens is 186 g/mol. The van der Waals surface area contributed by atoms with Gasteiger partial charge in [0, 0.05) is 18.9 Å². The van der Waals surface area contributed by atoms with Crippen LogP contribution in [-0.2, 0) is 4.74 Å². The van der Waals surface area contributed by atoms with Crippen LogP contribution in [-0.4, -0.2) is 44.6 Å². The van der Waals surface area contributed by atoms with E-state index in [0.29, 0.717) is 0 Å². The fraction of sp³-hybridized carbons (Fsp3) is 0.625. The predicted molar refractivity (Wildman–Crippen MR) is 47.2 cm³/mol. The van der Waals surface area contributed by atoms with Gasteiger partial charge >= 0.3 is 0 Å². The summed E-state index contributed by atoms with van der Waals surface area (Å²) < 4.78 is 6.98. The van der Waals surface area contributed by atoms with Gasteiger partial charge in [0.15, 0.2) is 6.23 Å². The normalized spacial score (nSPS) is 37.6. The molecule has 4 atom stereocenters. The first-order chi connectivity index (χ1) is 6.74. The lowest BCUT2D eigenvalue weighted by atomic mass is 10.1. The van der Waals surface area contributed by atoms with E-state index in [1.807, 2.05) is 0 Å². The summed E-state index contributed by atoms with van der Waals surface area (Å²) in [6, 6.07) is 0. The third-order valence-electron chi connectivity index (χ3n) is 2.39. The molecule has 0 aliphatic carbocycles. The summed E-state index contributed by atoms with van der Waals surface area (Å²) in [5.41, 5.74) is 5.38. The van der Waals surface area contributed by atoms with E-state index < -0.39 is 24.5 Å². The Bertz CT molecular complexity index is 290. The molecule has 1 fully saturated rings. The van der Waals surface area contributed by atoms with E-state index in [1.54, 1.807) is 17.0 Å². The summed E-state index contributed by atoms with van der Waals surface area (Å²) >= 11 is 0. The Kier molecular flexibility index (Phi) is 2.51. The Hall–Kier alpha value is -0.950. The van der Waals surface area contributed by atoms with Crippen LogP contribution >= 0.6 is 0 Å². The van der Waals surface area contributed by atoms with Crippen molar-refractivity contribution in [3.05, 3.63) is 18.7 Å². The van der Waals surface area contributed by atoms with Crippen molar-refractivity contribution in [1.29, 1.82) is 0 Å². The maximum Gasteiger partial charge on any atom is 0.164 e. The number of imidazole rings is 1. The first-order valence-electron chi connectivity index (χ1n) is 4.43. The molecule has 6 nitrogen and oxygen atoms in total. The highest BCUT2D eigenvalue weighted by atomic mass is 16.6. The number of aromatic nitrogens is 2. The predicted octanol–water partition coefficient (Wildman–Crippen LogP) is -1.54. The third-order valence-corrected chi connectivity index (χ3v) is 2.39. The molecule has 1 saturated heterocycles. The number of aliphatic hydroxyl groups excluding tert-OH is 2. The van der Waals surface area contributed by atoms with E-state index in [2.05, 4.69) is 4.98 Å². The van der Waals surface area contributed by atoms with Gasteiger partial charge in [-0.3, -0.25) is 0 Å². The highest BCUT2D eigenvalue weighted by molar-refractivity contribution is 4.91. The molecule has 4 N–H and O–H groups in total. The Morgan fingerprint density at radius 1 is 1.43 bits per heavy atom. The van der Waals surface area contributed by atoms with Crippen molar-refractivity contribution in [2.24, 2.45) is 5.73 Å². The molecule has 0 bridgehead atoms. The first kappa shape index (κ1) is 9.60. The minimum atomic E-state index is -0.960. The molecule has 1 aromatic rings. The van der Waals surface area contributed by atoms with Crippen LogP contribution in [0.5, 0.6) is 0 Å². The second kappa shape index (κ2) is 3.66. The lowest BCUT2D eigenvalue weighted by Gasteiger charge is -2.15. The molecule has 0 radical (unpaired) electrons. The van der Waals surface area contributed by atoms with Crippen LogP contribution in [0.15, 0.2) is 18.7 Å². The van der Waals surface area contributed by atoms with Crippen LogP contribution in [0.25, 0.3) is 0 Å². The van der Waals surface area contributed by atoms with E-state index in [1.165, 1.54) is 6.33 Å². The number of nitrogens with zero attached hydrogens (tertiary/aromatic N) is 2. The average molecular weight is 199 g/mol. The summed E-state index contributed by atoms with van der Waals surface area (Å²) in [4.78, 5) is 3.84. The summed E-state index contributed by atoms with van der Waals surface area (Å²) in [7, 11) is 0. The topological polar surface area (TPSA) is 93.5 Å². The van der Waals surface area contributed by atoms with Gasteiger partial charge in [-0.1, -0.05) is 0 Å². The molecule has 0 saturated carbocycles. The largest absolute Gasteiger partial charge is 0.387 e. The maximum absolute atomic E-state index is 9.65. The van der Waals surface area contributed by atoms with E-state index in [-0.39, 0.29) is 6.54 Å². The molecule has 2 rings (SSSR count). The number of hydrogen-bond acceptors (Lipinski definition) is 5.